The molecule has 2 rings (SSSR count). The number of nitrogens with zero attached hydrogens (tertiary/aromatic N) is 2. The van der Waals surface area contributed by atoms with Crippen molar-refractivity contribution >= 4 is 24.6 Å². The summed E-state index contributed by atoms with van der Waals surface area (Å²) >= 11 is 5.83. The minimum Gasteiger partial charge on any atom is -0.489 e. The number of halogens is 5. The molecule has 0 atom stereocenters. The number of hydrogen-bond donors (Lipinski definition) is 0. The molecular weight excluding hydrogens is 334 g/mol. The van der Waals surface area contributed by atoms with Crippen LogP contribution >= 0.6 is 11.6 Å². The molecule has 0 spiro atoms. The van der Waals surface area contributed by atoms with Crippen LogP contribution in [0, 0.1) is 0 Å². The van der Waals surface area contributed by atoms with Crippen molar-refractivity contribution in [1.82, 2.24) is 4.57 Å². The summed E-state index contributed by atoms with van der Waals surface area (Å²) in [5.74, 6) is 0.670. The topological polar surface area (TPSA) is 18.0 Å². The lowest BCUT2D eigenvalue weighted by atomic mass is 10.2. The van der Waals surface area contributed by atoms with Gasteiger partial charge < -0.3 is 22.0 Å². The second-order valence-corrected chi connectivity index (χ2v) is 5.03. The Labute approximate surface area is 136 Å². The van der Waals surface area contributed by atoms with Crippen LogP contribution in [0.4, 0.5) is 17.3 Å². The maximum Gasteiger partial charge on any atom is 0.673 e. The molecule has 126 valence electrons. The van der Waals surface area contributed by atoms with Gasteiger partial charge in [0.2, 0.25) is 6.33 Å². The molecule has 0 aliphatic rings. The van der Waals surface area contributed by atoms with Crippen LogP contribution in [0.15, 0.2) is 49.6 Å². The summed E-state index contributed by atoms with van der Waals surface area (Å²) in [5, 5.41) is 0.714. The Bertz CT molecular complexity index is 622. The number of aryl methyl sites for hydroxylation is 1. The minimum atomic E-state index is -6.00. The van der Waals surface area contributed by atoms with E-state index >= 15 is 0 Å². The summed E-state index contributed by atoms with van der Waals surface area (Å²) in [4.78, 5) is 0. The average Bonchev–Trinajstić information content (AvgIpc) is 2.83. The van der Waals surface area contributed by atoms with Crippen molar-refractivity contribution in [2.24, 2.45) is 7.05 Å². The molecule has 9 heteroatoms. The molecule has 1 aromatic heterocycles. The van der Waals surface area contributed by atoms with Gasteiger partial charge in [0.15, 0.2) is 0 Å². The van der Waals surface area contributed by atoms with Crippen LogP contribution in [0.3, 0.4) is 0 Å². The van der Waals surface area contributed by atoms with Gasteiger partial charge in [-0.2, -0.15) is 0 Å². The molecule has 23 heavy (non-hydrogen) atoms. The Balaban J connectivity index is 0.000000463. The molecule has 2 aromatic rings. The Morgan fingerprint density at radius 1 is 1.26 bits per heavy atom. The molecule has 0 radical (unpaired) electrons. The van der Waals surface area contributed by atoms with Crippen LogP contribution in [-0.2, 0) is 18.3 Å². The molecule has 0 N–H and O–H groups in total. The smallest absolute Gasteiger partial charge is 0.489 e. The third-order valence-corrected chi connectivity index (χ3v) is 2.87. The fourth-order valence-electron chi connectivity index (χ4n) is 1.63. The van der Waals surface area contributed by atoms with Crippen molar-refractivity contribution in [2.75, 3.05) is 6.61 Å². The van der Waals surface area contributed by atoms with Crippen molar-refractivity contribution < 1.29 is 26.6 Å². The fourth-order valence-corrected chi connectivity index (χ4v) is 1.75. The van der Waals surface area contributed by atoms with Crippen molar-refractivity contribution in [3.8, 4) is 0 Å². The van der Waals surface area contributed by atoms with Crippen LogP contribution < -0.4 is 4.57 Å². The van der Waals surface area contributed by atoms with E-state index in [1.165, 1.54) is 0 Å². The Morgan fingerprint density at radius 3 is 2.30 bits per heavy atom. The van der Waals surface area contributed by atoms with Crippen molar-refractivity contribution in [1.29, 1.82) is 0 Å². The number of rotatable bonds is 5. The van der Waals surface area contributed by atoms with E-state index in [0.717, 1.165) is 12.1 Å². The number of ether oxygens (including phenoxy) is 1. The van der Waals surface area contributed by atoms with Gasteiger partial charge in [-0.3, -0.25) is 0 Å². The number of benzene rings is 1. The zero-order valence-corrected chi connectivity index (χ0v) is 13.2. The van der Waals surface area contributed by atoms with E-state index in [9.17, 15) is 17.3 Å². The van der Waals surface area contributed by atoms with E-state index in [1.54, 1.807) is 0 Å². The molecule has 0 unspecified atom stereocenters. The van der Waals surface area contributed by atoms with Gasteiger partial charge in [-0.1, -0.05) is 18.2 Å². The Morgan fingerprint density at radius 2 is 1.83 bits per heavy atom. The maximum atomic E-state index is 9.75. The van der Waals surface area contributed by atoms with Crippen molar-refractivity contribution in [3.05, 3.63) is 60.2 Å². The standard InChI is InChI=1S/C14H16ClN2O.BF4/c1-12(13-3-5-14(15)6-4-13)18-10-9-17-8-7-16(2)11-17;2-1(3,4)5/h3-8,11H,1,9-10H2,2H3;/q+1;-1. The molecule has 0 bridgehead atoms. The molecule has 1 aromatic carbocycles. The van der Waals surface area contributed by atoms with Crippen molar-refractivity contribution in [3.63, 3.8) is 0 Å². The molecule has 0 aliphatic heterocycles. The van der Waals surface area contributed by atoms with Crippen LogP contribution in [0.5, 0.6) is 0 Å². The fraction of sp³-hybridized carbons (Fsp3) is 0.214. The monoisotopic (exact) mass is 350 g/mol. The first-order valence-corrected chi connectivity index (χ1v) is 6.99. The summed E-state index contributed by atoms with van der Waals surface area (Å²) in [6.07, 6.45) is 6.01. The third kappa shape index (κ3) is 8.92. The van der Waals surface area contributed by atoms with Gasteiger partial charge in [0.1, 0.15) is 31.3 Å². The highest BCUT2D eigenvalue weighted by atomic mass is 35.5. The van der Waals surface area contributed by atoms with Gasteiger partial charge in [-0.05, 0) is 24.3 Å². The van der Waals surface area contributed by atoms with Gasteiger partial charge >= 0.3 is 7.25 Å². The van der Waals surface area contributed by atoms with Gasteiger partial charge in [0.25, 0.3) is 0 Å². The van der Waals surface area contributed by atoms with E-state index in [-0.39, 0.29) is 0 Å². The first-order chi connectivity index (χ1) is 10.6. The zero-order chi connectivity index (χ0) is 17.5. The van der Waals surface area contributed by atoms with Gasteiger partial charge in [-0.15, -0.1) is 0 Å². The van der Waals surface area contributed by atoms with E-state index in [2.05, 4.69) is 11.1 Å². The zero-order valence-electron chi connectivity index (χ0n) is 12.4. The summed E-state index contributed by atoms with van der Waals surface area (Å²) in [6, 6.07) is 7.47. The van der Waals surface area contributed by atoms with E-state index in [1.807, 2.05) is 54.6 Å². The van der Waals surface area contributed by atoms with E-state index in [0.29, 0.717) is 17.4 Å². The number of imidazole rings is 1. The largest absolute Gasteiger partial charge is 0.673 e. The first kappa shape index (κ1) is 19.1. The highest BCUT2D eigenvalue weighted by Gasteiger charge is 2.20. The van der Waals surface area contributed by atoms with Crippen LogP contribution in [0.2, 0.25) is 5.02 Å². The lowest BCUT2D eigenvalue weighted by Gasteiger charge is -2.08. The number of aromatic nitrogens is 2. The lowest BCUT2D eigenvalue weighted by molar-refractivity contribution is -0.671. The van der Waals surface area contributed by atoms with Gasteiger partial charge in [-0.25, -0.2) is 9.13 Å². The van der Waals surface area contributed by atoms with Gasteiger partial charge in [0.05, 0.1) is 7.05 Å². The van der Waals surface area contributed by atoms with Gasteiger partial charge in [0, 0.05) is 10.6 Å². The molecule has 0 saturated heterocycles. The number of hydrogen-bond acceptors (Lipinski definition) is 1. The highest BCUT2D eigenvalue weighted by molar-refractivity contribution is 6.50. The SMILES string of the molecule is C=C(OCCn1cc[n+](C)c1)c1ccc(Cl)cc1.F[B-](F)(F)F. The maximum absolute atomic E-state index is 9.75. The average molecular weight is 351 g/mol. The molecule has 0 fully saturated rings. The summed E-state index contributed by atoms with van der Waals surface area (Å²) in [5.41, 5.74) is 0.956. The lowest BCUT2D eigenvalue weighted by Crippen LogP contribution is -2.24. The summed E-state index contributed by atoms with van der Waals surface area (Å²) < 4.78 is 48.7. The molecule has 1 heterocycles. The van der Waals surface area contributed by atoms with Crippen molar-refractivity contribution in [2.45, 2.75) is 6.54 Å². The second-order valence-electron chi connectivity index (χ2n) is 4.59. The quantitative estimate of drug-likeness (QED) is 0.345. The van der Waals surface area contributed by atoms with E-state index < -0.39 is 7.25 Å². The molecule has 0 saturated carbocycles. The second kappa shape index (κ2) is 8.62. The van der Waals surface area contributed by atoms with Crippen LogP contribution in [0.25, 0.3) is 5.76 Å². The molecule has 0 aliphatic carbocycles. The third-order valence-electron chi connectivity index (χ3n) is 2.62. The van der Waals surface area contributed by atoms with Crippen LogP contribution in [-0.4, -0.2) is 18.4 Å². The summed E-state index contributed by atoms with van der Waals surface area (Å²) in [6.45, 7) is 5.30. The Kier molecular flexibility index (Phi) is 7.15. The predicted octanol–water partition coefficient (Wildman–Crippen LogP) is 3.95. The normalized spacial score (nSPS) is 10.7. The minimum absolute atomic E-state index is 0.593. The van der Waals surface area contributed by atoms with E-state index in [4.69, 9.17) is 16.3 Å². The van der Waals surface area contributed by atoms with Crippen LogP contribution in [0.1, 0.15) is 5.56 Å². The molecule has 3 nitrogen and oxygen atoms in total. The summed E-state index contributed by atoms with van der Waals surface area (Å²) in [7, 11) is -4.01. The molecular formula is C14H16BClF4N2O. The molecule has 0 amide bonds. The predicted molar refractivity (Wildman–Crippen MR) is 82.2 cm³/mol. The Hall–Kier alpha value is -1.96. The first-order valence-electron chi connectivity index (χ1n) is 6.61. The highest BCUT2D eigenvalue weighted by Crippen LogP contribution is 2.16.